The Morgan fingerprint density at radius 3 is 2.78 bits per heavy atom. The van der Waals surface area contributed by atoms with E-state index in [9.17, 15) is 9.18 Å². The number of benzene rings is 1. The monoisotopic (exact) mass is 264 g/mol. The molecule has 1 N–H and O–H groups in total. The van der Waals surface area contributed by atoms with Gasteiger partial charge in [0.25, 0.3) is 0 Å². The van der Waals surface area contributed by atoms with Gasteiger partial charge < -0.3 is 5.32 Å². The zero-order valence-corrected chi connectivity index (χ0v) is 11.0. The van der Waals surface area contributed by atoms with Gasteiger partial charge in [-0.15, -0.1) is 11.3 Å². The predicted octanol–water partition coefficient (Wildman–Crippen LogP) is 3.41. The lowest BCUT2D eigenvalue weighted by molar-refractivity contribution is 0.102. The van der Waals surface area contributed by atoms with Gasteiger partial charge in [0, 0.05) is 6.92 Å². The first kappa shape index (κ1) is 12.7. The van der Waals surface area contributed by atoms with Gasteiger partial charge in [-0.3, -0.25) is 4.79 Å². The number of Topliss-reactive ketones (excluding diaryl/α,β-unsaturated/α-hetero) is 1. The molecule has 0 radical (unpaired) electrons. The zero-order chi connectivity index (χ0) is 13.1. The highest BCUT2D eigenvalue weighted by atomic mass is 32.1. The van der Waals surface area contributed by atoms with Crippen LogP contribution in [0.5, 0.6) is 0 Å². The molecule has 0 unspecified atom stereocenters. The third kappa shape index (κ3) is 2.73. The molecule has 0 saturated carbocycles. The van der Waals surface area contributed by atoms with Crippen molar-refractivity contribution < 1.29 is 9.18 Å². The fourth-order valence-corrected chi connectivity index (χ4v) is 2.53. The minimum absolute atomic E-state index is 0.0159. The average molecular weight is 264 g/mol. The summed E-state index contributed by atoms with van der Waals surface area (Å²) in [5.41, 5.74) is 1.17. The predicted molar refractivity (Wildman–Crippen MR) is 70.6 cm³/mol. The Hall–Kier alpha value is -1.75. The molecule has 1 aromatic carbocycles. The van der Waals surface area contributed by atoms with E-state index in [4.69, 9.17) is 0 Å². The van der Waals surface area contributed by atoms with E-state index in [1.54, 1.807) is 25.1 Å². The van der Waals surface area contributed by atoms with Crippen LogP contribution in [0.15, 0.2) is 24.3 Å². The fourth-order valence-electron chi connectivity index (χ4n) is 1.63. The average Bonchev–Trinajstić information content (AvgIpc) is 2.70. The Labute approximate surface area is 109 Å². The molecule has 0 aliphatic rings. The number of rotatable bonds is 4. The van der Waals surface area contributed by atoms with Gasteiger partial charge in [0.2, 0.25) is 0 Å². The molecule has 2 rings (SSSR count). The van der Waals surface area contributed by atoms with Crippen molar-refractivity contribution in [3.05, 3.63) is 45.7 Å². The Kier molecular flexibility index (Phi) is 3.72. The third-order valence-electron chi connectivity index (χ3n) is 2.46. The Morgan fingerprint density at radius 2 is 2.17 bits per heavy atom. The van der Waals surface area contributed by atoms with Crippen LogP contribution in [-0.2, 0) is 6.54 Å². The maximum absolute atomic E-state index is 13.4. The second kappa shape index (κ2) is 5.27. The van der Waals surface area contributed by atoms with Crippen molar-refractivity contribution in [2.24, 2.45) is 0 Å². The summed E-state index contributed by atoms with van der Waals surface area (Å²) in [6.45, 7) is 3.74. The van der Waals surface area contributed by atoms with Gasteiger partial charge in [-0.1, -0.05) is 12.1 Å². The summed E-state index contributed by atoms with van der Waals surface area (Å²) < 4.78 is 13.4. The first-order valence-corrected chi connectivity index (χ1v) is 6.35. The van der Waals surface area contributed by atoms with Crippen molar-refractivity contribution >= 4 is 22.8 Å². The number of aryl methyl sites for hydroxylation is 1. The van der Waals surface area contributed by atoms with Crippen LogP contribution in [0.3, 0.4) is 0 Å². The van der Waals surface area contributed by atoms with Gasteiger partial charge in [0.15, 0.2) is 5.78 Å². The maximum Gasteiger partial charge on any atom is 0.171 e. The van der Waals surface area contributed by atoms with Crippen LogP contribution < -0.4 is 5.32 Å². The number of halogens is 1. The first-order valence-electron chi connectivity index (χ1n) is 5.53. The number of carbonyl (C=O) groups excluding carboxylic acids is 1. The number of hydrogen-bond donors (Lipinski definition) is 1. The number of carbonyl (C=O) groups is 1. The highest BCUT2D eigenvalue weighted by Crippen LogP contribution is 2.20. The molecule has 0 atom stereocenters. The number of aromatic nitrogens is 1. The molecule has 3 nitrogen and oxygen atoms in total. The van der Waals surface area contributed by atoms with E-state index in [-0.39, 0.29) is 11.6 Å². The summed E-state index contributed by atoms with van der Waals surface area (Å²) in [6, 6.07) is 6.47. The van der Waals surface area contributed by atoms with Crippen molar-refractivity contribution in [1.29, 1.82) is 0 Å². The van der Waals surface area contributed by atoms with Gasteiger partial charge in [-0.05, 0) is 19.1 Å². The van der Waals surface area contributed by atoms with E-state index in [0.717, 1.165) is 10.7 Å². The summed E-state index contributed by atoms with van der Waals surface area (Å²) in [5, 5.41) is 3.75. The van der Waals surface area contributed by atoms with Gasteiger partial charge in [-0.2, -0.15) is 0 Å². The molecule has 0 amide bonds. The zero-order valence-electron chi connectivity index (χ0n) is 10.2. The fraction of sp³-hybridized carbons (Fsp3) is 0.231. The second-order valence-corrected chi connectivity index (χ2v) is 5.00. The molecule has 18 heavy (non-hydrogen) atoms. The molecule has 0 aliphatic carbocycles. The molecule has 0 spiro atoms. The van der Waals surface area contributed by atoms with E-state index < -0.39 is 0 Å². The Balaban J connectivity index is 2.09. The number of nitrogens with one attached hydrogen (secondary N) is 1. The van der Waals surface area contributed by atoms with E-state index in [1.165, 1.54) is 24.3 Å². The van der Waals surface area contributed by atoms with Crippen LogP contribution in [0, 0.1) is 12.7 Å². The number of hydrogen-bond acceptors (Lipinski definition) is 4. The molecule has 0 saturated heterocycles. The Bertz CT molecular complexity index is 580. The van der Waals surface area contributed by atoms with Crippen molar-refractivity contribution in [3.63, 3.8) is 0 Å². The smallest absolute Gasteiger partial charge is 0.171 e. The van der Waals surface area contributed by atoms with Crippen LogP contribution in [0.25, 0.3) is 0 Å². The SMILES string of the molecule is CC(=O)c1sc(CNc2ccccc2F)nc1C. The third-order valence-corrected chi connectivity index (χ3v) is 3.72. The molecule has 0 bridgehead atoms. The second-order valence-electron chi connectivity index (χ2n) is 3.91. The summed E-state index contributed by atoms with van der Waals surface area (Å²) in [7, 11) is 0. The van der Waals surface area contributed by atoms with Crippen LogP contribution in [0.1, 0.15) is 27.3 Å². The summed E-state index contributed by atoms with van der Waals surface area (Å²) in [4.78, 5) is 16.3. The van der Waals surface area contributed by atoms with Crippen LogP contribution in [-0.4, -0.2) is 10.8 Å². The number of thiazole rings is 1. The quantitative estimate of drug-likeness (QED) is 0.860. The van der Waals surface area contributed by atoms with E-state index >= 15 is 0 Å². The molecule has 5 heteroatoms. The normalized spacial score (nSPS) is 10.4. The van der Waals surface area contributed by atoms with E-state index in [0.29, 0.717) is 17.1 Å². The van der Waals surface area contributed by atoms with Crippen LogP contribution in [0.2, 0.25) is 0 Å². The minimum atomic E-state index is -0.294. The van der Waals surface area contributed by atoms with Crippen LogP contribution in [0.4, 0.5) is 10.1 Å². The number of nitrogens with zero attached hydrogens (tertiary/aromatic N) is 1. The van der Waals surface area contributed by atoms with Crippen molar-refractivity contribution in [3.8, 4) is 0 Å². The molecular formula is C13H13FN2OS. The highest BCUT2D eigenvalue weighted by Gasteiger charge is 2.11. The molecular weight excluding hydrogens is 251 g/mol. The summed E-state index contributed by atoms with van der Waals surface area (Å²) >= 11 is 1.35. The number of para-hydroxylation sites is 1. The summed E-state index contributed by atoms with van der Waals surface area (Å²) in [5.74, 6) is -0.278. The van der Waals surface area contributed by atoms with Crippen molar-refractivity contribution in [1.82, 2.24) is 4.98 Å². The van der Waals surface area contributed by atoms with Crippen LogP contribution >= 0.6 is 11.3 Å². The van der Waals surface area contributed by atoms with Gasteiger partial charge >= 0.3 is 0 Å². The lowest BCUT2D eigenvalue weighted by Gasteiger charge is -2.04. The molecule has 1 heterocycles. The molecule has 0 fully saturated rings. The lowest BCUT2D eigenvalue weighted by Crippen LogP contribution is -2.00. The largest absolute Gasteiger partial charge is 0.376 e. The Morgan fingerprint density at radius 1 is 1.44 bits per heavy atom. The highest BCUT2D eigenvalue weighted by molar-refractivity contribution is 7.13. The van der Waals surface area contributed by atoms with Crippen molar-refractivity contribution in [2.45, 2.75) is 20.4 Å². The van der Waals surface area contributed by atoms with E-state index in [1.807, 2.05) is 0 Å². The standard InChI is InChI=1S/C13H13FN2OS/c1-8-13(9(2)17)18-12(16-8)7-15-11-6-4-3-5-10(11)14/h3-6,15H,7H2,1-2H3. The van der Waals surface area contributed by atoms with Crippen molar-refractivity contribution in [2.75, 3.05) is 5.32 Å². The van der Waals surface area contributed by atoms with Gasteiger partial charge in [0.1, 0.15) is 10.8 Å². The maximum atomic E-state index is 13.4. The molecule has 94 valence electrons. The molecule has 2 aromatic rings. The number of anilines is 1. The van der Waals surface area contributed by atoms with E-state index in [2.05, 4.69) is 10.3 Å². The summed E-state index contributed by atoms with van der Waals surface area (Å²) in [6.07, 6.45) is 0. The molecule has 0 aliphatic heterocycles. The first-order chi connectivity index (χ1) is 8.58. The van der Waals surface area contributed by atoms with Gasteiger partial charge in [-0.25, -0.2) is 9.37 Å². The minimum Gasteiger partial charge on any atom is -0.376 e. The topological polar surface area (TPSA) is 42.0 Å². The van der Waals surface area contributed by atoms with Gasteiger partial charge in [0.05, 0.1) is 22.8 Å². The lowest BCUT2D eigenvalue weighted by atomic mass is 10.3. The number of ketones is 1. The molecule has 1 aromatic heterocycles.